The van der Waals surface area contributed by atoms with Crippen LogP contribution in [0.1, 0.15) is 33.6 Å². The smallest absolute Gasteiger partial charge is 0.125 e. The predicted octanol–water partition coefficient (Wildman–Crippen LogP) is 3.64. The van der Waals surface area contributed by atoms with Crippen LogP contribution in [0.25, 0.3) is 0 Å². The minimum absolute atomic E-state index is 0.294. The Morgan fingerprint density at radius 1 is 1.38 bits per heavy atom. The third kappa shape index (κ3) is 3.72. The largest absolute Gasteiger partial charge is 0.397 e. The zero-order valence-electron chi connectivity index (χ0n) is 10.3. The van der Waals surface area contributed by atoms with Crippen LogP contribution >= 0.6 is 0 Å². The molecule has 0 amide bonds. The van der Waals surface area contributed by atoms with Crippen molar-refractivity contribution in [3.05, 3.63) is 24.0 Å². The van der Waals surface area contributed by atoms with Crippen LogP contribution in [0.2, 0.25) is 0 Å². The minimum Gasteiger partial charge on any atom is -0.397 e. The third-order valence-corrected chi connectivity index (χ3v) is 2.87. The molecule has 0 spiro atoms. The molecule has 1 rings (SSSR count). The lowest BCUT2D eigenvalue weighted by atomic mass is 10.0. The highest BCUT2D eigenvalue weighted by atomic mass is 19.1. The molecular weight excluding hydrogens is 203 g/mol. The van der Waals surface area contributed by atoms with E-state index >= 15 is 0 Å². The summed E-state index contributed by atoms with van der Waals surface area (Å²) in [6.45, 7) is 6.53. The summed E-state index contributed by atoms with van der Waals surface area (Å²) in [6, 6.07) is 4.81. The molecule has 16 heavy (non-hydrogen) atoms. The van der Waals surface area contributed by atoms with E-state index in [1.807, 2.05) is 0 Å². The van der Waals surface area contributed by atoms with E-state index in [4.69, 9.17) is 5.73 Å². The van der Waals surface area contributed by atoms with Crippen molar-refractivity contribution in [2.45, 2.75) is 39.7 Å². The number of nitrogens with one attached hydrogen (secondary N) is 1. The van der Waals surface area contributed by atoms with E-state index in [0.29, 0.717) is 17.6 Å². The summed E-state index contributed by atoms with van der Waals surface area (Å²) in [5, 5.41) is 3.31. The van der Waals surface area contributed by atoms with E-state index in [-0.39, 0.29) is 5.82 Å². The number of anilines is 2. The van der Waals surface area contributed by atoms with Crippen molar-refractivity contribution in [3.8, 4) is 0 Å². The highest BCUT2D eigenvalue weighted by Crippen LogP contribution is 2.21. The first kappa shape index (κ1) is 12.8. The lowest BCUT2D eigenvalue weighted by Crippen LogP contribution is -2.19. The van der Waals surface area contributed by atoms with Crippen molar-refractivity contribution in [2.75, 3.05) is 11.1 Å². The quantitative estimate of drug-likeness (QED) is 0.749. The van der Waals surface area contributed by atoms with Crippen LogP contribution in [-0.2, 0) is 0 Å². The molecule has 2 nitrogen and oxygen atoms in total. The van der Waals surface area contributed by atoms with Crippen LogP contribution in [0.15, 0.2) is 18.2 Å². The molecule has 3 N–H and O–H groups in total. The molecule has 0 radical (unpaired) electrons. The molecule has 2 unspecified atom stereocenters. The zero-order valence-corrected chi connectivity index (χ0v) is 10.3. The van der Waals surface area contributed by atoms with E-state index in [0.717, 1.165) is 12.1 Å². The zero-order chi connectivity index (χ0) is 12.1. The monoisotopic (exact) mass is 224 g/mol. The minimum atomic E-state index is -0.294. The second-order valence-electron chi connectivity index (χ2n) is 4.53. The topological polar surface area (TPSA) is 38.0 Å². The fourth-order valence-corrected chi connectivity index (χ4v) is 1.76. The molecule has 0 aromatic heterocycles. The van der Waals surface area contributed by atoms with E-state index in [1.165, 1.54) is 18.6 Å². The van der Waals surface area contributed by atoms with Gasteiger partial charge in [-0.25, -0.2) is 4.39 Å². The summed E-state index contributed by atoms with van der Waals surface area (Å²) >= 11 is 0. The van der Waals surface area contributed by atoms with Crippen molar-refractivity contribution in [3.63, 3.8) is 0 Å². The van der Waals surface area contributed by atoms with Gasteiger partial charge in [0.1, 0.15) is 5.82 Å². The van der Waals surface area contributed by atoms with Gasteiger partial charge < -0.3 is 11.1 Å². The molecule has 0 heterocycles. The average molecular weight is 224 g/mol. The molecule has 0 saturated heterocycles. The van der Waals surface area contributed by atoms with Gasteiger partial charge in [-0.1, -0.05) is 20.3 Å². The van der Waals surface area contributed by atoms with Crippen LogP contribution in [0.3, 0.4) is 0 Å². The molecule has 0 aliphatic carbocycles. The molecule has 1 aromatic rings. The Kier molecular flexibility index (Phi) is 4.59. The molecular formula is C13H21FN2. The number of benzene rings is 1. The van der Waals surface area contributed by atoms with E-state index in [9.17, 15) is 4.39 Å². The Bertz CT molecular complexity index is 339. The van der Waals surface area contributed by atoms with Gasteiger partial charge in [-0.05, 0) is 37.5 Å². The van der Waals surface area contributed by atoms with Crippen molar-refractivity contribution < 1.29 is 4.39 Å². The molecule has 0 bridgehead atoms. The Labute approximate surface area is 97.0 Å². The molecule has 0 saturated carbocycles. The maximum Gasteiger partial charge on any atom is 0.125 e. The van der Waals surface area contributed by atoms with E-state index in [1.54, 1.807) is 6.07 Å². The number of nitrogen functional groups attached to an aromatic ring is 1. The Morgan fingerprint density at radius 3 is 2.62 bits per heavy atom. The average Bonchev–Trinajstić information content (AvgIpc) is 2.22. The third-order valence-electron chi connectivity index (χ3n) is 2.87. The number of rotatable bonds is 5. The number of hydrogen-bond donors (Lipinski definition) is 2. The molecule has 1 aromatic carbocycles. The molecule has 0 fully saturated rings. The normalized spacial score (nSPS) is 14.5. The number of halogens is 1. The molecule has 3 heteroatoms. The van der Waals surface area contributed by atoms with Gasteiger partial charge in [0, 0.05) is 6.04 Å². The molecule has 2 atom stereocenters. The van der Waals surface area contributed by atoms with E-state index < -0.39 is 0 Å². The van der Waals surface area contributed by atoms with E-state index in [2.05, 4.69) is 26.1 Å². The van der Waals surface area contributed by atoms with Crippen molar-refractivity contribution in [1.82, 2.24) is 0 Å². The maximum atomic E-state index is 12.8. The van der Waals surface area contributed by atoms with Crippen molar-refractivity contribution in [2.24, 2.45) is 5.92 Å². The summed E-state index contributed by atoms with van der Waals surface area (Å²) in [5.41, 5.74) is 7.02. The van der Waals surface area contributed by atoms with Crippen LogP contribution in [0, 0.1) is 11.7 Å². The molecule has 0 aliphatic heterocycles. The standard InChI is InChI=1S/C13H21FN2/c1-4-9(2)7-10(3)16-13-6-5-11(14)8-12(13)15/h5-6,8-10,16H,4,7,15H2,1-3H3. The lowest BCUT2D eigenvalue weighted by Gasteiger charge is -2.19. The summed E-state index contributed by atoms with van der Waals surface area (Å²) in [6.07, 6.45) is 2.26. The first-order chi connectivity index (χ1) is 7.52. The number of nitrogens with two attached hydrogens (primary N) is 1. The van der Waals surface area contributed by atoms with Gasteiger partial charge in [0.25, 0.3) is 0 Å². The van der Waals surface area contributed by atoms with Gasteiger partial charge in [0.15, 0.2) is 0 Å². The fourth-order valence-electron chi connectivity index (χ4n) is 1.76. The highest BCUT2D eigenvalue weighted by molar-refractivity contribution is 5.66. The van der Waals surface area contributed by atoms with Crippen LogP contribution in [-0.4, -0.2) is 6.04 Å². The fraction of sp³-hybridized carbons (Fsp3) is 0.538. The second kappa shape index (κ2) is 5.73. The Balaban J connectivity index is 2.59. The first-order valence-electron chi connectivity index (χ1n) is 5.84. The highest BCUT2D eigenvalue weighted by Gasteiger charge is 2.08. The first-order valence-corrected chi connectivity index (χ1v) is 5.84. The van der Waals surface area contributed by atoms with Crippen molar-refractivity contribution in [1.29, 1.82) is 0 Å². The van der Waals surface area contributed by atoms with Crippen molar-refractivity contribution >= 4 is 11.4 Å². The molecule has 90 valence electrons. The summed E-state index contributed by atoms with van der Waals surface area (Å²) in [5.74, 6) is 0.391. The van der Waals surface area contributed by atoms with Gasteiger partial charge in [0.05, 0.1) is 11.4 Å². The van der Waals surface area contributed by atoms with Gasteiger partial charge in [-0.2, -0.15) is 0 Å². The van der Waals surface area contributed by atoms with Gasteiger partial charge in [-0.15, -0.1) is 0 Å². The second-order valence-corrected chi connectivity index (χ2v) is 4.53. The molecule has 0 aliphatic rings. The van der Waals surface area contributed by atoms with Gasteiger partial charge >= 0.3 is 0 Å². The Hall–Kier alpha value is -1.25. The Morgan fingerprint density at radius 2 is 2.06 bits per heavy atom. The van der Waals surface area contributed by atoms with Crippen LogP contribution in [0.4, 0.5) is 15.8 Å². The van der Waals surface area contributed by atoms with Crippen LogP contribution < -0.4 is 11.1 Å². The summed E-state index contributed by atoms with van der Waals surface area (Å²) in [4.78, 5) is 0. The van der Waals surface area contributed by atoms with Gasteiger partial charge in [0.2, 0.25) is 0 Å². The summed E-state index contributed by atoms with van der Waals surface area (Å²) in [7, 11) is 0. The van der Waals surface area contributed by atoms with Gasteiger partial charge in [-0.3, -0.25) is 0 Å². The lowest BCUT2D eigenvalue weighted by molar-refractivity contribution is 0.484. The SMILES string of the molecule is CCC(C)CC(C)Nc1ccc(F)cc1N. The van der Waals surface area contributed by atoms with Crippen LogP contribution in [0.5, 0.6) is 0 Å². The predicted molar refractivity (Wildman–Crippen MR) is 68.0 cm³/mol. The maximum absolute atomic E-state index is 12.8. The number of hydrogen-bond acceptors (Lipinski definition) is 2. The summed E-state index contributed by atoms with van der Waals surface area (Å²) < 4.78 is 12.8.